The van der Waals surface area contributed by atoms with Gasteiger partial charge in [-0.1, -0.05) is 36.4 Å². The lowest BCUT2D eigenvalue weighted by atomic mass is 10.1. The molecule has 2 aromatic carbocycles. The van der Waals surface area contributed by atoms with Crippen LogP contribution in [0.5, 0.6) is 0 Å². The first-order valence-electron chi connectivity index (χ1n) is 6.53. The van der Waals surface area contributed by atoms with E-state index in [2.05, 4.69) is 4.99 Å². The summed E-state index contributed by atoms with van der Waals surface area (Å²) in [6.45, 7) is 0. The molecule has 3 rings (SSSR count). The zero-order valence-corrected chi connectivity index (χ0v) is 11.4. The predicted molar refractivity (Wildman–Crippen MR) is 81.9 cm³/mol. The Bertz CT molecular complexity index is 849. The number of rotatable bonds is 3. The van der Waals surface area contributed by atoms with Crippen LogP contribution >= 0.6 is 0 Å². The molecule has 0 radical (unpaired) electrons. The van der Waals surface area contributed by atoms with E-state index in [1.807, 2.05) is 0 Å². The molecule has 0 spiro atoms. The normalized spacial score (nSPS) is 13.7. The summed E-state index contributed by atoms with van der Waals surface area (Å²) in [5.74, 6) is -1.58. The number of ketones is 1. The predicted octanol–water partition coefficient (Wildman–Crippen LogP) is 3.25. The highest BCUT2D eigenvalue weighted by atomic mass is 16.4. The topological polar surface area (TPSA) is 87.0 Å². The Morgan fingerprint density at radius 3 is 2.32 bits per heavy atom. The van der Waals surface area contributed by atoms with Crippen molar-refractivity contribution in [3.05, 3.63) is 70.8 Å². The fourth-order valence-electron chi connectivity index (χ4n) is 2.31. The average Bonchev–Trinajstić information content (AvgIpc) is 2.77. The first kappa shape index (κ1) is 13.8. The summed E-state index contributed by atoms with van der Waals surface area (Å²) >= 11 is 0. The molecule has 1 aliphatic carbocycles. The van der Waals surface area contributed by atoms with Crippen LogP contribution in [0.25, 0.3) is 5.76 Å². The van der Waals surface area contributed by atoms with Crippen molar-refractivity contribution in [3.8, 4) is 0 Å². The molecule has 2 N–H and O–H groups in total. The number of aliphatic hydroxyl groups excluding tert-OH is 1. The Labute approximate surface area is 125 Å². The molecule has 0 saturated carbocycles. The Morgan fingerprint density at radius 1 is 1.00 bits per heavy atom. The molecule has 2 aromatic rings. The smallest absolute Gasteiger partial charge is 0.337 e. The van der Waals surface area contributed by atoms with Crippen molar-refractivity contribution in [3.63, 3.8) is 0 Å². The second-order valence-electron chi connectivity index (χ2n) is 4.72. The van der Waals surface area contributed by atoms with Gasteiger partial charge in [0, 0.05) is 17.3 Å². The lowest BCUT2D eigenvalue weighted by molar-refractivity contribution is 0.0697. The zero-order valence-electron chi connectivity index (χ0n) is 11.4. The van der Waals surface area contributed by atoms with Crippen LogP contribution in [0.15, 0.2) is 59.1 Å². The van der Waals surface area contributed by atoms with Crippen LogP contribution < -0.4 is 0 Å². The molecule has 0 aliphatic heterocycles. The Kier molecular flexibility index (Phi) is 3.31. The van der Waals surface area contributed by atoms with Crippen molar-refractivity contribution >= 4 is 29.4 Å². The van der Waals surface area contributed by atoms with Crippen molar-refractivity contribution < 1.29 is 19.8 Å². The highest BCUT2D eigenvalue weighted by Crippen LogP contribution is 2.30. The van der Waals surface area contributed by atoms with Gasteiger partial charge in [0.2, 0.25) is 0 Å². The van der Waals surface area contributed by atoms with Crippen LogP contribution in [0, 0.1) is 0 Å². The molecule has 0 bridgehead atoms. The molecule has 0 fully saturated rings. The minimum atomic E-state index is -1.10. The molecule has 0 unspecified atom stereocenters. The highest BCUT2D eigenvalue weighted by Gasteiger charge is 2.28. The monoisotopic (exact) mass is 293 g/mol. The molecule has 0 amide bonds. The van der Waals surface area contributed by atoms with Gasteiger partial charge in [-0.2, -0.15) is 0 Å². The summed E-state index contributed by atoms with van der Waals surface area (Å²) in [5, 5.41) is 19.2. The Balaban J connectivity index is 2.00. The lowest BCUT2D eigenvalue weighted by Gasteiger charge is -1.99. The van der Waals surface area contributed by atoms with E-state index in [0.717, 1.165) is 0 Å². The minimum Gasteiger partial charge on any atom is -0.506 e. The molecule has 0 aromatic heterocycles. The molecule has 5 heteroatoms. The van der Waals surface area contributed by atoms with Gasteiger partial charge in [-0.15, -0.1) is 0 Å². The quantitative estimate of drug-likeness (QED) is 0.850. The van der Waals surface area contributed by atoms with E-state index in [-0.39, 0.29) is 28.4 Å². The average molecular weight is 293 g/mol. The number of allylic oxidation sites excluding steroid dienone is 1. The van der Waals surface area contributed by atoms with E-state index in [4.69, 9.17) is 5.11 Å². The maximum absolute atomic E-state index is 12.2. The van der Waals surface area contributed by atoms with Crippen molar-refractivity contribution in [2.75, 3.05) is 0 Å². The molecule has 22 heavy (non-hydrogen) atoms. The van der Waals surface area contributed by atoms with E-state index < -0.39 is 5.97 Å². The van der Waals surface area contributed by atoms with Crippen LogP contribution in [0.4, 0.5) is 5.69 Å². The van der Waals surface area contributed by atoms with Crippen LogP contribution in [-0.4, -0.2) is 28.2 Å². The number of carbonyl (C=O) groups excluding carboxylic acids is 1. The number of fused-ring (bicyclic) bond motifs is 1. The maximum atomic E-state index is 12.2. The lowest BCUT2D eigenvalue weighted by Crippen LogP contribution is -2.00. The number of nitrogens with zero attached hydrogens (tertiary/aromatic N) is 1. The third kappa shape index (κ3) is 2.18. The van der Waals surface area contributed by atoms with E-state index in [0.29, 0.717) is 11.1 Å². The summed E-state index contributed by atoms with van der Waals surface area (Å²) < 4.78 is 0. The van der Waals surface area contributed by atoms with Gasteiger partial charge in [0.1, 0.15) is 5.76 Å². The number of Topliss-reactive ketones (excluding diaryl/α,β-unsaturated/α-hetero) is 1. The molecule has 0 heterocycles. The van der Waals surface area contributed by atoms with Crippen molar-refractivity contribution in [2.24, 2.45) is 4.99 Å². The number of carboxylic acids is 1. The number of hydrogen-bond acceptors (Lipinski definition) is 4. The molecule has 0 saturated heterocycles. The number of aliphatic imine (C=N–C) groups is 1. The number of para-hydroxylation sites is 1. The van der Waals surface area contributed by atoms with Gasteiger partial charge in [-0.3, -0.25) is 9.79 Å². The Morgan fingerprint density at radius 2 is 1.64 bits per heavy atom. The summed E-state index contributed by atoms with van der Waals surface area (Å²) in [6, 6.07) is 12.9. The summed E-state index contributed by atoms with van der Waals surface area (Å²) in [7, 11) is 0. The molecular formula is C17H11NO4. The SMILES string of the molecule is O=C(O)c1ccccc1N=CC1=C(O)c2ccccc2C1=O. The molecule has 0 atom stereocenters. The fraction of sp³-hybridized carbons (Fsp3) is 0. The van der Waals surface area contributed by atoms with Gasteiger partial charge in [-0.25, -0.2) is 4.79 Å². The maximum Gasteiger partial charge on any atom is 0.337 e. The summed E-state index contributed by atoms with van der Waals surface area (Å²) in [5.41, 5.74) is 1.18. The number of benzene rings is 2. The van der Waals surface area contributed by atoms with Crippen LogP contribution in [0.1, 0.15) is 26.3 Å². The zero-order chi connectivity index (χ0) is 15.7. The van der Waals surface area contributed by atoms with Gasteiger partial charge < -0.3 is 10.2 Å². The number of carbonyl (C=O) groups is 2. The molecule has 108 valence electrons. The summed E-state index contributed by atoms with van der Waals surface area (Å²) in [4.78, 5) is 27.4. The first-order chi connectivity index (χ1) is 10.6. The third-order valence-electron chi connectivity index (χ3n) is 3.39. The Hall–Kier alpha value is -3.21. The van der Waals surface area contributed by atoms with Crippen LogP contribution in [0.2, 0.25) is 0 Å². The largest absolute Gasteiger partial charge is 0.506 e. The molecular weight excluding hydrogens is 282 g/mol. The standard InChI is InChI=1S/C17H11NO4/c19-15-10-5-1-2-6-11(10)16(20)13(15)9-18-14-8-4-3-7-12(14)17(21)22/h1-9,19H,(H,21,22). The third-order valence-corrected chi connectivity index (χ3v) is 3.39. The van der Waals surface area contributed by atoms with E-state index in [9.17, 15) is 14.7 Å². The second kappa shape index (κ2) is 5.29. The van der Waals surface area contributed by atoms with Crippen molar-refractivity contribution in [2.45, 2.75) is 0 Å². The van der Waals surface area contributed by atoms with E-state index in [1.54, 1.807) is 36.4 Å². The number of carboxylic acid groups (broad SMARTS) is 1. The van der Waals surface area contributed by atoms with Gasteiger partial charge >= 0.3 is 5.97 Å². The molecule has 1 aliphatic rings. The highest BCUT2D eigenvalue weighted by molar-refractivity contribution is 6.30. The van der Waals surface area contributed by atoms with Gasteiger partial charge in [0.05, 0.1) is 16.8 Å². The second-order valence-corrected chi connectivity index (χ2v) is 4.72. The molecule has 5 nitrogen and oxygen atoms in total. The number of aromatic carboxylic acids is 1. The van der Waals surface area contributed by atoms with E-state index in [1.165, 1.54) is 18.3 Å². The number of aliphatic hydroxyl groups is 1. The van der Waals surface area contributed by atoms with Crippen LogP contribution in [-0.2, 0) is 0 Å². The van der Waals surface area contributed by atoms with Crippen molar-refractivity contribution in [1.82, 2.24) is 0 Å². The van der Waals surface area contributed by atoms with Gasteiger partial charge in [0.25, 0.3) is 0 Å². The van der Waals surface area contributed by atoms with Crippen LogP contribution in [0.3, 0.4) is 0 Å². The van der Waals surface area contributed by atoms with E-state index >= 15 is 0 Å². The first-order valence-corrected chi connectivity index (χ1v) is 6.53. The number of hydrogen-bond donors (Lipinski definition) is 2. The summed E-state index contributed by atoms with van der Waals surface area (Å²) in [6.07, 6.45) is 1.21. The van der Waals surface area contributed by atoms with Gasteiger partial charge in [0.15, 0.2) is 5.78 Å². The van der Waals surface area contributed by atoms with Gasteiger partial charge in [-0.05, 0) is 12.1 Å². The fourth-order valence-corrected chi connectivity index (χ4v) is 2.31. The van der Waals surface area contributed by atoms with Crippen molar-refractivity contribution in [1.29, 1.82) is 0 Å². The minimum absolute atomic E-state index is 0.0294.